The number of rotatable bonds is 6. The molecule has 0 saturated heterocycles. The van der Waals surface area contributed by atoms with Crippen LogP contribution in [0.25, 0.3) is 0 Å². The maximum atomic E-state index is 12.3. The molecule has 0 spiro atoms. The molecule has 1 aliphatic rings. The van der Waals surface area contributed by atoms with Crippen LogP contribution in [0.2, 0.25) is 0 Å². The highest BCUT2D eigenvalue weighted by molar-refractivity contribution is 14.0. The topological polar surface area (TPSA) is 72.0 Å². The summed E-state index contributed by atoms with van der Waals surface area (Å²) in [5, 5.41) is 6.47. The number of benzene rings is 2. The molecule has 0 bridgehead atoms. The second-order valence-electron chi connectivity index (χ2n) is 5.96. The van der Waals surface area contributed by atoms with Gasteiger partial charge in [-0.2, -0.15) is 0 Å². The van der Waals surface area contributed by atoms with E-state index in [-0.39, 0.29) is 24.0 Å². The Morgan fingerprint density at radius 3 is 2.61 bits per heavy atom. The number of hydrogen-bond acceptors (Lipinski definition) is 4. The lowest BCUT2D eigenvalue weighted by atomic mass is 10.3. The van der Waals surface area contributed by atoms with Crippen LogP contribution in [0, 0.1) is 0 Å². The van der Waals surface area contributed by atoms with Gasteiger partial charge in [0.05, 0.1) is 30.6 Å². The summed E-state index contributed by atoms with van der Waals surface area (Å²) in [6.45, 7) is 4.52. The molecule has 0 aromatic heterocycles. The molecule has 8 heteroatoms. The number of ether oxygens (including phenoxy) is 2. The highest BCUT2D eigenvalue weighted by Gasteiger charge is 2.11. The Morgan fingerprint density at radius 1 is 1.11 bits per heavy atom. The van der Waals surface area contributed by atoms with Crippen LogP contribution in [0.4, 0.5) is 5.69 Å². The van der Waals surface area contributed by atoms with Crippen molar-refractivity contribution >= 4 is 46.4 Å². The third-order valence-corrected chi connectivity index (χ3v) is 5.26. The Labute approximate surface area is 185 Å². The lowest BCUT2D eigenvalue weighted by Crippen LogP contribution is -2.31. The van der Waals surface area contributed by atoms with Crippen molar-refractivity contribution in [2.24, 2.45) is 4.99 Å². The van der Waals surface area contributed by atoms with Crippen molar-refractivity contribution in [1.82, 2.24) is 5.32 Å². The van der Waals surface area contributed by atoms with Crippen molar-refractivity contribution in [3.05, 3.63) is 48.5 Å². The fourth-order valence-corrected chi connectivity index (χ4v) is 3.57. The maximum absolute atomic E-state index is 12.3. The van der Waals surface area contributed by atoms with Crippen molar-refractivity contribution < 1.29 is 13.7 Å². The molecule has 1 aliphatic heterocycles. The molecule has 0 saturated carbocycles. The minimum absolute atomic E-state index is 0. The van der Waals surface area contributed by atoms with Gasteiger partial charge in [-0.05, 0) is 31.2 Å². The van der Waals surface area contributed by atoms with E-state index < -0.39 is 10.8 Å². The summed E-state index contributed by atoms with van der Waals surface area (Å²) in [5.41, 5.74) is 0.864. The average Bonchev–Trinajstić information content (AvgIpc) is 2.93. The first-order valence-corrected chi connectivity index (χ1v) is 10.5. The monoisotopic (exact) mass is 515 g/mol. The molecule has 2 aromatic rings. The van der Waals surface area contributed by atoms with Crippen molar-refractivity contribution in [2.75, 3.05) is 37.4 Å². The van der Waals surface area contributed by atoms with E-state index in [0.717, 1.165) is 35.0 Å². The summed E-state index contributed by atoms with van der Waals surface area (Å²) in [4.78, 5) is 5.36. The number of nitrogens with one attached hydrogen (secondary N) is 2. The van der Waals surface area contributed by atoms with Gasteiger partial charge in [0.1, 0.15) is 0 Å². The molecular formula is C20H26IN3O3S. The van der Waals surface area contributed by atoms with Gasteiger partial charge in [0, 0.05) is 35.4 Å². The molecule has 2 N–H and O–H groups in total. The number of halogens is 1. The van der Waals surface area contributed by atoms with Crippen LogP contribution in [0.3, 0.4) is 0 Å². The van der Waals surface area contributed by atoms with Crippen LogP contribution in [-0.4, -0.2) is 42.2 Å². The Balaban J connectivity index is 0.00000280. The molecule has 0 amide bonds. The lowest BCUT2D eigenvalue weighted by molar-refractivity contribution is 0.297. The molecule has 2 aromatic carbocycles. The summed E-state index contributed by atoms with van der Waals surface area (Å²) in [7, 11) is -1.05. The van der Waals surface area contributed by atoms with Gasteiger partial charge >= 0.3 is 0 Å². The van der Waals surface area contributed by atoms with Crippen LogP contribution in [0.1, 0.15) is 13.3 Å². The van der Waals surface area contributed by atoms with Crippen LogP contribution in [-0.2, 0) is 10.8 Å². The largest absolute Gasteiger partial charge is 0.490 e. The fourth-order valence-electron chi connectivity index (χ4n) is 2.62. The van der Waals surface area contributed by atoms with Crippen LogP contribution >= 0.6 is 24.0 Å². The summed E-state index contributed by atoms with van der Waals surface area (Å²) >= 11 is 0. The highest BCUT2D eigenvalue weighted by Crippen LogP contribution is 2.32. The smallest absolute Gasteiger partial charge is 0.195 e. The predicted octanol–water partition coefficient (Wildman–Crippen LogP) is 3.65. The molecule has 28 heavy (non-hydrogen) atoms. The second kappa shape index (κ2) is 11.9. The van der Waals surface area contributed by atoms with Gasteiger partial charge in [-0.15, -0.1) is 24.0 Å². The van der Waals surface area contributed by atoms with Crippen LogP contribution in [0.5, 0.6) is 11.5 Å². The summed E-state index contributed by atoms with van der Waals surface area (Å²) in [6, 6.07) is 15.2. The molecule has 6 nitrogen and oxygen atoms in total. The normalized spacial score (nSPS) is 14.4. The fraction of sp³-hybridized carbons (Fsp3) is 0.350. The molecule has 152 valence electrons. The summed E-state index contributed by atoms with van der Waals surface area (Å²) < 4.78 is 23.7. The molecule has 1 atom stereocenters. The zero-order valence-corrected chi connectivity index (χ0v) is 19.0. The summed E-state index contributed by atoms with van der Waals surface area (Å²) in [6.07, 6.45) is 0.875. The highest BCUT2D eigenvalue weighted by atomic mass is 127. The number of fused-ring (bicyclic) bond motifs is 1. The maximum Gasteiger partial charge on any atom is 0.195 e. The Hall–Kier alpha value is -1.81. The van der Waals surface area contributed by atoms with E-state index >= 15 is 0 Å². The zero-order valence-electron chi connectivity index (χ0n) is 15.8. The number of anilines is 1. The molecule has 0 radical (unpaired) electrons. The number of aliphatic imine (C=N–C) groups is 1. The lowest BCUT2D eigenvalue weighted by Gasteiger charge is -2.13. The molecule has 1 unspecified atom stereocenters. The molecular weight excluding hydrogens is 489 g/mol. The Morgan fingerprint density at radius 2 is 1.86 bits per heavy atom. The Kier molecular flexibility index (Phi) is 9.56. The molecule has 0 aliphatic carbocycles. The first-order chi connectivity index (χ1) is 13.3. The van der Waals surface area contributed by atoms with E-state index in [4.69, 9.17) is 9.47 Å². The molecule has 1 heterocycles. The van der Waals surface area contributed by atoms with Gasteiger partial charge in [-0.3, -0.25) is 9.20 Å². The van der Waals surface area contributed by atoms with Gasteiger partial charge in [-0.1, -0.05) is 18.2 Å². The van der Waals surface area contributed by atoms with Crippen LogP contribution < -0.4 is 20.1 Å². The van der Waals surface area contributed by atoms with Crippen molar-refractivity contribution in [1.29, 1.82) is 0 Å². The zero-order chi connectivity index (χ0) is 18.9. The van der Waals surface area contributed by atoms with E-state index in [9.17, 15) is 4.21 Å². The average molecular weight is 515 g/mol. The van der Waals surface area contributed by atoms with E-state index in [1.165, 1.54) is 0 Å². The van der Waals surface area contributed by atoms with Gasteiger partial charge in [-0.25, -0.2) is 0 Å². The van der Waals surface area contributed by atoms with E-state index in [1.807, 2.05) is 55.5 Å². The third-order valence-electron chi connectivity index (χ3n) is 3.91. The predicted molar refractivity (Wildman–Crippen MR) is 125 cm³/mol. The summed E-state index contributed by atoms with van der Waals surface area (Å²) in [5.74, 6) is 2.62. The van der Waals surface area contributed by atoms with E-state index in [0.29, 0.717) is 31.5 Å². The third kappa shape index (κ3) is 6.66. The van der Waals surface area contributed by atoms with Gasteiger partial charge < -0.3 is 20.1 Å². The molecule has 3 rings (SSSR count). The first kappa shape index (κ1) is 22.5. The van der Waals surface area contributed by atoms with Gasteiger partial charge in [0.25, 0.3) is 0 Å². The first-order valence-electron chi connectivity index (χ1n) is 9.14. The van der Waals surface area contributed by atoms with Crippen molar-refractivity contribution in [2.45, 2.75) is 18.2 Å². The van der Waals surface area contributed by atoms with Gasteiger partial charge in [0.15, 0.2) is 17.5 Å². The molecule has 0 fully saturated rings. The SMILES string of the molecule is CCNC(=NCCS(=O)c1ccccc1)Nc1ccc2c(c1)OCCCO2.I. The minimum Gasteiger partial charge on any atom is -0.490 e. The number of hydrogen-bond donors (Lipinski definition) is 2. The minimum atomic E-state index is -1.05. The standard InChI is InChI=1S/C20H25N3O3S.HI/c1-2-21-20(22-11-14-27(24)17-7-4-3-5-8-17)23-16-9-10-18-19(15-16)26-13-6-12-25-18;/h3-5,7-10,15H,2,6,11-14H2,1H3,(H2,21,22,23);1H. The van der Waals surface area contributed by atoms with E-state index in [1.54, 1.807) is 0 Å². The quantitative estimate of drug-likeness (QED) is 0.349. The number of nitrogens with zero attached hydrogens (tertiary/aromatic N) is 1. The van der Waals surface area contributed by atoms with E-state index in [2.05, 4.69) is 15.6 Å². The Bertz CT molecular complexity index is 803. The van der Waals surface area contributed by atoms with Crippen LogP contribution in [0.15, 0.2) is 58.4 Å². The van der Waals surface area contributed by atoms with Crippen molar-refractivity contribution in [3.8, 4) is 11.5 Å². The second-order valence-corrected chi connectivity index (χ2v) is 7.53. The van der Waals surface area contributed by atoms with Crippen molar-refractivity contribution in [3.63, 3.8) is 0 Å². The van der Waals surface area contributed by atoms with Gasteiger partial charge in [0.2, 0.25) is 0 Å². The number of guanidine groups is 1.